The molecule has 3 aromatic rings. The van der Waals surface area contributed by atoms with Gasteiger partial charge >= 0.3 is 0 Å². The molecule has 0 unspecified atom stereocenters. The first-order valence-electron chi connectivity index (χ1n) is 9.12. The van der Waals surface area contributed by atoms with Crippen molar-refractivity contribution < 1.29 is 19.0 Å². The molecule has 3 rings (SSSR count). The molecule has 0 aliphatic heterocycles. The van der Waals surface area contributed by atoms with Gasteiger partial charge in [-0.05, 0) is 30.5 Å². The van der Waals surface area contributed by atoms with Crippen molar-refractivity contribution in [1.82, 2.24) is 10.2 Å². The van der Waals surface area contributed by atoms with E-state index in [0.29, 0.717) is 27.9 Å². The maximum Gasteiger partial charge on any atom is 0.257 e. The molecule has 0 saturated heterocycles. The van der Waals surface area contributed by atoms with E-state index >= 15 is 0 Å². The van der Waals surface area contributed by atoms with Gasteiger partial charge in [-0.25, -0.2) is 0 Å². The van der Waals surface area contributed by atoms with Gasteiger partial charge in [0.1, 0.15) is 5.01 Å². The van der Waals surface area contributed by atoms with Crippen molar-refractivity contribution >= 4 is 22.4 Å². The number of hydrogen-bond donors (Lipinski definition) is 1. The van der Waals surface area contributed by atoms with Crippen molar-refractivity contribution in [3.05, 3.63) is 58.6 Å². The number of amides is 1. The maximum absolute atomic E-state index is 12.6. The highest BCUT2D eigenvalue weighted by Crippen LogP contribution is 2.38. The normalized spacial score (nSPS) is 10.4. The molecule has 1 aromatic heterocycles. The fourth-order valence-corrected chi connectivity index (χ4v) is 3.65. The number of hydrogen-bond acceptors (Lipinski definition) is 7. The highest BCUT2D eigenvalue weighted by Gasteiger charge is 2.18. The lowest BCUT2D eigenvalue weighted by Gasteiger charge is -2.13. The monoisotopic (exact) mass is 413 g/mol. The first kappa shape index (κ1) is 20.6. The van der Waals surface area contributed by atoms with Gasteiger partial charge in [-0.15, -0.1) is 10.2 Å². The van der Waals surface area contributed by atoms with E-state index in [1.54, 1.807) is 12.1 Å². The number of methoxy groups -OCH3 is 3. The third-order valence-electron chi connectivity index (χ3n) is 4.31. The first-order valence-corrected chi connectivity index (χ1v) is 9.94. The molecule has 0 aliphatic carbocycles. The molecule has 0 fully saturated rings. The molecule has 0 radical (unpaired) electrons. The van der Waals surface area contributed by atoms with E-state index in [0.717, 1.165) is 24.3 Å². The lowest BCUT2D eigenvalue weighted by atomic mass is 10.1. The van der Waals surface area contributed by atoms with Crippen LogP contribution in [-0.4, -0.2) is 37.4 Å². The molecule has 0 aliphatic rings. The molecule has 1 heterocycles. The van der Waals surface area contributed by atoms with E-state index in [4.69, 9.17) is 14.2 Å². The van der Waals surface area contributed by atoms with Crippen LogP contribution < -0.4 is 19.5 Å². The molecule has 1 amide bonds. The van der Waals surface area contributed by atoms with Gasteiger partial charge in [-0.2, -0.15) is 0 Å². The lowest BCUT2D eigenvalue weighted by molar-refractivity contribution is 0.102. The van der Waals surface area contributed by atoms with Crippen molar-refractivity contribution in [1.29, 1.82) is 0 Å². The van der Waals surface area contributed by atoms with Crippen LogP contribution in [-0.2, 0) is 12.8 Å². The Morgan fingerprint density at radius 1 is 0.966 bits per heavy atom. The highest BCUT2D eigenvalue weighted by molar-refractivity contribution is 7.15. The average Bonchev–Trinajstić information content (AvgIpc) is 3.20. The Labute approximate surface area is 173 Å². The maximum atomic E-state index is 12.6. The Kier molecular flexibility index (Phi) is 7.02. The lowest BCUT2D eigenvalue weighted by Crippen LogP contribution is -2.12. The van der Waals surface area contributed by atoms with Crippen molar-refractivity contribution in [3.63, 3.8) is 0 Å². The Morgan fingerprint density at radius 2 is 1.66 bits per heavy atom. The SMILES string of the molecule is COc1cc(C(=O)Nc2nnc(CCCc3ccccc3)s2)cc(OC)c1OC. The van der Waals surface area contributed by atoms with Crippen LogP contribution in [0.1, 0.15) is 27.3 Å². The predicted octanol–water partition coefficient (Wildman–Crippen LogP) is 3.99. The number of rotatable bonds is 9. The highest BCUT2D eigenvalue weighted by atomic mass is 32.1. The second kappa shape index (κ2) is 9.88. The topological polar surface area (TPSA) is 82.6 Å². The Hall–Kier alpha value is -3.13. The minimum absolute atomic E-state index is 0.323. The minimum atomic E-state index is -0.323. The summed E-state index contributed by atoms with van der Waals surface area (Å²) in [5.41, 5.74) is 1.67. The van der Waals surface area contributed by atoms with Gasteiger partial charge in [0.25, 0.3) is 5.91 Å². The zero-order chi connectivity index (χ0) is 20.6. The van der Waals surface area contributed by atoms with E-state index in [2.05, 4.69) is 27.6 Å². The Balaban J connectivity index is 1.62. The number of benzene rings is 2. The van der Waals surface area contributed by atoms with E-state index in [9.17, 15) is 4.79 Å². The molecular weight excluding hydrogens is 390 g/mol. The van der Waals surface area contributed by atoms with Crippen LogP contribution in [0.2, 0.25) is 0 Å². The summed E-state index contributed by atoms with van der Waals surface area (Å²) in [6, 6.07) is 13.5. The molecule has 152 valence electrons. The first-order chi connectivity index (χ1) is 14.1. The summed E-state index contributed by atoms with van der Waals surface area (Å²) in [6.45, 7) is 0. The van der Waals surface area contributed by atoms with Crippen molar-refractivity contribution in [2.75, 3.05) is 26.6 Å². The van der Waals surface area contributed by atoms with Gasteiger partial charge in [0.2, 0.25) is 10.9 Å². The van der Waals surface area contributed by atoms with Crippen LogP contribution in [0, 0.1) is 0 Å². The zero-order valence-electron chi connectivity index (χ0n) is 16.6. The van der Waals surface area contributed by atoms with E-state index in [1.165, 1.54) is 38.2 Å². The third-order valence-corrected chi connectivity index (χ3v) is 5.21. The fraction of sp³-hybridized carbons (Fsp3) is 0.286. The minimum Gasteiger partial charge on any atom is -0.493 e. The molecule has 2 aromatic carbocycles. The summed E-state index contributed by atoms with van der Waals surface area (Å²) in [6.07, 6.45) is 2.76. The van der Waals surface area contributed by atoms with Crippen molar-refractivity contribution in [2.24, 2.45) is 0 Å². The number of anilines is 1. The second-order valence-electron chi connectivity index (χ2n) is 6.21. The van der Waals surface area contributed by atoms with E-state index in [-0.39, 0.29) is 5.91 Å². The summed E-state index contributed by atoms with van der Waals surface area (Å²) in [7, 11) is 4.53. The van der Waals surface area contributed by atoms with Gasteiger partial charge in [0, 0.05) is 12.0 Å². The van der Waals surface area contributed by atoms with Gasteiger partial charge in [-0.1, -0.05) is 41.7 Å². The average molecular weight is 413 g/mol. The predicted molar refractivity (Wildman–Crippen MR) is 112 cm³/mol. The Bertz CT molecular complexity index is 935. The number of aromatic nitrogens is 2. The van der Waals surface area contributed by atoms with Gasteiger partial charge in [0.05, 0.1) is 21.3 Å². The standard InChI is InChI=1S/C21H23N3O4S/c1-26-16-12-15(13-17(27-2)19(16)28-3)20(25)22-21-24-23-18(29-21)11-7-10-14-8-5-4-6-9-14/h4-6,8-9,12-13H,7,10-11H2,1-3H3,(H,22,24,25). The molecule has 0 atom stereocenters. The number of aryl methyl sites for hydroxylation is 2. The van der Waals surface area contributed by atoms with Crippen LogP contribution in [0.3, 0.4) is 0 Å². The summed E-state index contributed by atoms with van der Waals surface area (Å²) in [5.74, 6) is 0.936. The quantitative estimate of drug-likeness (QED) is 0.571. The van der Waals surface area contributed by atoms with Gasteiger partial charge in [-0.3, -0.25) is 10.1 Å². The molecule has 8 heteroatoms. The Morgan fingerprint density at radius 3 is 2.28 bits per heavy atom. The van der Waals surface area contributed by atoms with Crippen LogP contribution in [0.5, 0.6) is 17.2 Å². The summed E-state index contributed by atoms with van der Waals surface area (Å²) in [4.78, 5) is 12.6. The summed E-state index contributed by atoms with van der Waals surface area (Å²) < 4.78 is 15.9. The van der Waals surface area contributed by atoms with Crippen molar-refractivity contribution in [3.8, 4) is 17.2 Å². The third kappa shape index (κ3) is 5.23. The van der Waals surface area contributed by atoms with Crippen LogP contribution in [0.15, 0.2) is 42.5 Å². The number of nitrogens with zero attached hydrogens (tertiary/aromatic N) is 2. The molecule has 29 heavy (non-hydrogen) atoms. The number of ether oxygens (including phenoxy) is 3. The van der Waals surface area contributed by atoms with Gasteiger partial charge in [0.15, 0.2) is 11.5 Å². The number of carbonyl (C=O) groups is 1. The van der Waals surface area contributed by atoms with Gasteiger partial charge < -0.3 is 14.2 Å². The van der Waals surface area contributed by atoms with Crippen molar-refractivity contribution in [2.45, 2.75) is 19.3 Å². The smallest absolute Gasteiger partial charge is 0.257 e. The molecule has 0 saturated carbocycles. The van der Waals surface area contributed by atoms with E-state index in [1.807, 2.05) is 18.2 Å². The molecule has 0 bridgehead atoms. The van der Waals surface area contributed by atoms with Crippen LogP contribution in [0.25, 0.3) is 0 Å². The molecule has 7 nitrogen and oxygen atoms in total. The largest absolute Gasteiger partial charge is 0.493 e. The number of carbonyl (C=O) groups excluding carboxylic acids is 1. The molecule has 0 spiro atoms. The molecular formula is C21H23N3O4S. The summed E-state index contributed by atoms with van der Waals surface area (Å²) >= 11 is 1.38. The summed E-state index contributed by atoms with van der Waals surface area (Å²) in [5, 5.41) is 12.4. The molecule has 1 N–H and O–H groups in total. The van der Waals surface area contributed by atoms with E-state index < -0.39 is 0 Å². The second-order valence-corrected chi connectivity index (χ2v) is 7.27. The number of nitrogens with one attached hydrogen (secondary N) is 1. The van der Waals surface area contributed by atoms with Crippen LogP contribution in [0.4, 0.5) is 5.13 Å². The van der Waals surface area contributed by atoms with Crippen LogP contribution >= 0.6 is 11.3 Å². The zero-order valence-corrected chi connectivity index (χ0v) is 17.4. The fourth-order valence-electron chi connectivity index (χ4n) is 2.88.